The number of fused-ring (bicyclic) bond motifs is 4. The highest BCUT2D eigenvalue weighted by Gasteiger charge is 2.53. The van der Waals surface area contributed by atoms with E-state index in [2.05, 4.69) is 26.6 Å². The van der Waals surface area contributed by atoms with Gasteiger partial charge in [0.1, 0.15) is 5.78 Å². The van der Waals surface area contributed by atoms with E-state index < -0.39 is 8.32 Å². The second kappa shape index (κ2) is 4.36. The minimum Gasteiger partial charge on any atom is -0.413 e. The van der Waals surface area contributed by atoms with Gasteiger partial charge in [-0.25, -0.2) is 0 Å². The van der Waals surface area contributed by atoms with E-state index in [1.54, 1.807) is 0 Å². The first-order valence-electron chi connectivity index (χ1n) is 6.72. The maximum atomic E-state index is 12.6. The zero-order chi connectivity index (χ0) is 12.7. The molecule has 0 aromatic rings. The van der Waals surface area contributed by atoms with Crippen LogP contribution < -0.4 is 0 Å². The van der Waals surface area contributed by atoms with E-state index in [-0.39, 0.29) is 17.4 Å². The first-order chi connectivity index (χ1) is 7.89. The summed E-state index contributed by atoms with van der Waals surface area (Å²) in [6, 6.07) is 1.02. The first-order valence-corrected chi connectivity index (χ1v) is 9.84. The maximum Gasteiger partial charge on any atom is 0.187 e. The lowest BCUT2D eigenvalue weighted by Crippen LogP contribution is -2.47. The van der Waals surface area contributed by atoms with Gasteiger partial charge in [-0.05, 0) is 44.8 Å². The summed E-state index contributed by atoms with van der Waals surface area (Å²) in [7, 11) is -1.62. The van der Waals surface area contributed by atoms with E-state index in [0.29, 0.717) is 5.78 Å². The van der Waals surface area contributed by atoms with E-state index in [0.717, 1.165) is 31.7 Å². The van der Waals surface area contributed by atoms with Crippen molar-refractivity contribution in [3.05, 3.63) is 12.7 Å². The van der Waals surface area contributed by atoms with E-state index in [4.69, 9.17) is 4.43 Å². The van der Waals surface area contributed by atoms with Crippen LogP contribution in [0, 0.1) is 11.3 Å². The summed E-state index contributed by atoms with van der Waals surface area (Å²) in [4.78, 5) is 12.6. The fraction of sp³-hybridized carbons (Fsp3) is 0.786. The highest BCUT2D eigenvalue weighted by atomic mass is 28.4. The lowest BCUT2D eigenvalue weighted by atomic mass is 9.66. The number of hydrogen-bond acceptors (Lipinski definition) is 2. The number of allylic oxidation sites excluding steroid dienone is 1. The molecule has 0 radical (unpaired) electrons. The molecule has 2 heterocycles. The number of carbonyl (C=O) groups excluding carboxylic acids is 1. The van der Waals surface area contributed by atoms with E-state index in [1.165, 1.54) is 0 Å². The van der Waals surface area contributed by atoms with Gasteiger partial charge in [-0.1, -0.05) is 13.0 Å². The quantitative estimate of drug-likeness (QED) is 0.567. The van der Waals surface area contributed by atoms with Crippen molar-refractivity contribution in [2.45, 2.75) is 57.8 Å². The molecule has 1 aliphatic carbocycles. The molecule has 1 saturated carbocycles. The Kier molecular flexibility index (Phi) is 3.34. The van der Waals surface area contributed by atoms with Crippen LogP contribution in [0.5, 0.6) is 0 Å². The van der Waals surface area contributed by atoms with Crippen molar-refractivity contribution >= 4 is 14.1 Å². The number of Topliss-reactive ketones (excluding diaryl/α,β-unsaturated/α-hetero) is 1. The molecule has 2 aliphatic heterocycles. The fourth-order valence-corrected chi connectivity index (χ4v) is 6.34. The largest absolute Gasteiger partial charge is 0.413 e. The zero-order valence-electron chi connectivity index (χ0n) is 11.3. The second-order valence-corrected chi connectivity index (χ2v) is 10.6. The van der Waals surface area contributed by atoms with Crippen LogP contribution in [-0.4, -0.2) is 20.2 Å². The Morgan fingerprint density at radius 3 is 2.88 bits per heavy atom. The molecule has 0 amide bonds. The molecular formula is C14H24O2Si. The summed E-state index contributed by atoms with van der Waals surface area (Å²) in [6.07, 6.45) is 6.01. The molecule has 3 aliphatic rings. The van der Waals surface area contributed by atoms with Crippen molar-refractivity contribution in [1.29, 1.82) is 0 Å². The number of rotatable bonds is 3. The van der Waals surface area contributed by atoms with Gasteiger partial charge < -0.3 is 4.43 Å². The van der Waals surface area contributed by atoms with Crippen LogP contribution in [0.3, 0.4) is 0 Å². The highest BCUT2D eigenvalue weighted by molar-refractivity contribution is 6.71. The van der Waals surface area contributed by atoms with Gasteiger partial charge in [0, 0.05) is 5.92 Å². The van der Waals surface area contributed by atoms with Crippen molar-refractivity contribution in [2.24, 2.45) is 11.3 Å². The van der Waals surface area contributed by atoms with E-state index in [9.17, 15) is 4.79 Å². The van der Waals surface area contributed by atoms with Crippen LogP contribution in [0.4, 0.5) is 0 Å². The molecule has 2 bridgehead atoms. The number of carbonyl (C=O) groups is 1. The van der Waals surface area contributed by atoms with Crippen molar-refractivity contribution in [1.82, 2.24) is 0 Å². The van der Waals surface area contributed by atoms with Gasteiger partial charge in [-0.15, -0.1) is 6.58 Å². The summed E-state index contributed by atoms with van der Waals surface area (Å²) >= 11 is 0. The zero-order valence-corrected chi connectivity index (χ0v) is 12.3. The van der Waals surface area contributed by atoms with E-state index in [1.807, 2.05) is 6.08 Å². The molecule has 0 spiro atoms. The van der Waals surface area contributed by atoms with Crippen LogP contribution in [0.1, 0.15) is 32.6 Å². The smallest absolute Gasteiger partial charge is 0.187 e. The van der Waals surface area contributed by atoms with Gasteiger partial charge in [-0.2, -0.15) is 0 Å². The Balaban J connectivity index is 2.28. The van der Waals surface area contributed by atoms with Gasteiger partial charge in [-0.3, -0.25) is 4.79 Å². The molecule has 0 unspecified atom stereocenters. The van der Waals surface area contributed by atoms with Crippen molar-refractivity contribution in [3.8, 4) is 0 Å². The normalized spacial score (nSPS) is 40.1. The molecule has 3 atom stereocenters. The average molecular weight is 252 g/mol. The Morgan fingerprint density at radius 1 is 1.53 bits per heavy atom. The monoisotopic (exact) mass is 252 g/mol. The van der Waals surface area contributed by atoms with Gasteiger partial charge in [0.2, 0.25) is 0 Å². The topological polar surface area (TPSA) is 26.3 Å². The molecule has 0 N–H and O–H groups in total. The Bertz CT molecular complexity index is 337. The third-order valence-corrected chi connectivity index (χ3v) is 6.89. The molecule has 2 saturated heterocycles. The molecule has 2 nitrogen and oxygen atoms in total. The first kappa shape index (κ1) is 13.0. The summed E-state index contributed by atoms with van der Waals surface area (Å²) in [5, 5.41) is 0. The minimum absolute atomic E-state index is 0.162. The van der Waals surface area contributed by atoms with Crippen LogP contribution in [0.15, 0.2) is 12.7 Å². The van der Waals surface area contributed by atoms with Crippen molar-refractivity contribution in [3.63, 3.8) is 0 Å². The Morgan fingerprint density at radius 2 is 2.24 bits per heavy atom. The summed E-state index contributed by atoms with van der Waals surface area (Å²) in [6.45, 7) is 10.4. The molecule has 3 heteroatoms. The predicted octanol–water partition coefficient (Wildman–Crippen LogP) is 3.54. The maximum absolute atomic E-state index is 12.6. The molecule has 0 aromatic carbocycles. The molecule has 3 rings (SSSR count). The average Bonchev–Trinajstić information content (AvgIpc) is 2.45. The molecule has 17 heavy (non-hydrogen) atoms. The summed E-state index contributed by atoms with van der Waals surface area (Å²) in [5.74, 6) is 0.735. The highest BCUT2D eigenvalue weighted by Crippen LogP contribution is 2.48. The van der Waals surface area contributed by atoms with Gasteiger partial charge in [0.05, 0.1) is 11.5 Å². The van der Waals surface area contributed by atoms with Gasteiger partial charge >= 0.3 is 0 Å². The third kappa shape index (κ3) is 2.27. The van der Waals surface area contributed by atoms with Gasteiger partial charge in [0.15, 0.2) is 8.32 Å². The standard InChI is InChI=1S/C14H24O2Si/c1-5-6-9-14(2)12-8-7-11(13(14)15)10-17(3,4)16-12/h5,11-12H,1,6-10H2,2-4H3/t11-,12-,14-/m1/s1. The van der Waals surface area contributed by atoms with Crippen LogP contribution >= 0.6 is 0 Å². The van der Waals surface area contributed by atoms with Crippen molar-refractivity contribution < 1.29 is 9.22 Å². The molecule has 0 aromatic heterocycles. The van der Waals surface area contributed by atoms with Crippen LogP contribution in [0.2, 0.25) is 19.1 Å². The second-order valence-electron chi connectivity index (χ2n) is 6.45. The molecule has 3 fully saturated rings. The number of ketones is 1. The fourth-order valence-electron chi connectivity index (χ4n) is 3.52. The minimum atomic E-state index is -1.62. The van der Waals surface area contributed by atoms with Crippen LogP contribution in [0.25, 0.3) is 0 Å². The van der Waals surface area contributed by atoms with E-state index >= 15 is 0 Å². The lowest BCUT2D eigenvalue weighted by Gasteiger charge is -2.41. The Hall–Kier alpha value is -0.413. The van der Waals surface area contributed by atoms with Gasteiger partial charge in [0.25, 0.3) is 0 Å². The summed E-state index contributed by atoms with van der Waals surface area (Å²) in [5.41, 5.74) is -0.252. The lowest BCUT2D eigenvalue weighted by molar-refractivity contribution is -0.140. The summed E-state index contributed by atoms with van der Waals surface area (Å²) < 4.78 is 6.36. The number of hydrogen-bond donors (Lipinski definition) is 0. The molecule has 96 valence electrons. The SMILES string of the molecule is C=CCC[C@@]1(C)C(=O)[C@@H]2CC[C@H]1O[Si](C)(C)C2. The van der Waals surface area contributed by atoms with Crippen LogP contribution in [-0.2, 0) is 9.22 Å². The van der Waals surface area contributed by atoms with Crippen molar-refractivity contribution in [2.75, 3.05) is 0 Å². The predicted molar refractivity (Wildman–Crippen MR) is 72.4 cm³/mol. The third-order valence-electron chi connectivity index (χ3n) is 4.49. The Labute approximate surface area is 106 Å². The molecular weight excluding hydrogens is 228 g/mol.